The largest absolute Gasteiger partial charge is 0.756 e. The number of carbonyl (C=O) groups excluding carboxylic acids is 2. The fourth-order valence-electron chi connectivity index (χ4n) is 8.45. The molecule has 0 aliphatic carbocycles. The van der Waals surface area contributed by atoms with Crippen LogP contribution < -0.4 is 4.89 Å². The van der Waals surface area contributed by atoms with E-state index in [0.29, 0.717) is 23.9 Å². The van der Waals surface area contributed by atoms with E-state index >= 15 is 0 Å². The Morgan fingerprint density at radius 1 is 0.352 bits per heavy atom. The number of phosphoric acid groups is 1. The second-order valence-electron chi connectivity index (χ2n) is 23.1. The predicted molar refractivity (Wildman–Crippen MR) is 378 cm³/mol. The summed E-state index contributed by atoms with van der Waals surface area (Å²) in [6, 6.07) is 0. The molecule has 0 rings (SSSR count). The minimum atomic E-state index is -4.67. The van der Waals surface area contributed by atoms with Crippen molar-refractivity contribution in [2.45, 2.75) is 238 Å². The minimum Gasteiger partial charge on any atom is -0.756 e. The van der Waals surface area contributed by atoms with E-state index in [1.165, 1.54) is 38.5 Å². The summed E-state index contributed by atoms with van der Waals surface area (Å²) < 4.78 is 34.2. The summed E-state index contributed by atoms with van der Waals surface area (Å²) in [7, 11) is 1.12. The molecule has 0 spiro atoms. The molecule has 0 aromatic carbocycles. The fourth-order valence-corrected chi connectivity index (χ4v) is 9.18. The second kappa shape index (κ2) is 66.3. The summed E-state index contributed by atoms with van der Waals surface area (Å²) >= 11 is 0. The zero-order chi connectivity index (χ0) is 64.1. The highest BCUT2D eigenvalue weighted by Crippen LogP contribution is 2.38. The van der Waals surface area contributed by atoms with Crippen LogP contribution >= 0.6 is 7.82 Å². The molecule has 2 unspecified atom stereocenters. The molecule has 0 heterocycles. The van der Waals surface area contributed by atoms with Gasteiger partial charge in [0.2, 0.25) is 0 Å². The van der Waals surface area contributed by atoms with Crippen LogP contribution in [0.3, 0.4) is 0 Å². The number of carbonyl (C=O) groups is 2. The first-order valence-electron chi connectivity index (χ1n) is 34.1. The minimum absolute atomic E-state index is 0.0481. The Bertz CT molecular complexity index is 2190. The Morgan fingerprint density at radius 3 is 0.909 bits per heavy atom. The molecule has 0 N–H and O–H groups in total. The van der Waals surface area contributed by atoms with Gasteiger partial charge in [0.25, 0.3) is 7.82 Å². The maximum Gasteiger partial charge on any atom is 0.306 e. The van der Waals surface area contributed by atoms with Crippen molar-refractivity contribution in [3.8, 4) is 0 Å². The monoisotopic (exact) mass is 1230 g/mol. The Morgan fingerprint density at radius 2 is 0.614 bits per heavy atom. The van der Waals surface area contributed by atoms with Crippen LogP contribution in [0.15, 0.2) is 194 Å². The van der Waals surface area contributed by atoms with Crippen molar-refractivity contribution >= 4 is 19.8 Å². The molecule has 0 fully saturated rings. The zero-order valence-electron chi connectivity index (χ0n) is 56.1. The molecule has 494 valence electrons. The number of likely N-dealkylation sites (N-methyl/N-ethyl adjacent to an activating group) is 1. The molecule has 0 bridgehead atoms. The van der Waals surface area contributed by atoms with Crippen molar-refractivity contribution in [1.29, 1.82) is 0 Å². The summed E-state index contributed by atoms with van der Waals surface area (Å²) in [6.07, 6.45) is 103. The molecule has 0 aromatic heterocycles. The molecule has 2 atom stereocenters. The van der Waals surface area contributed by atoms with Crippen LogP contribution in [-0.2, 0) is 32.7 Å². The van der Waals surface area contributed by atoms with E-state index in [0.717, 1.165) is 154 Å². The van der Waals surface area contributed by atoms with Crippen LogP contribution in [0.2, 0.25) is 0 Å². The topological polar surface area (TPSA) is 111 Å². The molecule has 0 aromatic rings. The molecular formula is C78H124NO8P. The number of unbranched alkanes of at least 4 members (excludes halogenated alkanes) is 14. The van der Waals surface area contributed by atoms with Crippen molar-refractivity contribution in [1.82, 2.24) is 0 Å². The number of allylic oxidation sites excluding steroid dienone is 32. The van der Waals surface area contributed by atoms with Gasteiger partial charge in [0.15, 0.2) is 6.10 Å². The Balaban J connectivity index is 4.23. The Hall–Kier alpha value is -5.15. The highest BCUT2D eigenvalue weighted by molar-refractivity contribution is 7.45. The number of hydrogen-bond donors (Lipinski definition) is 0. The standard InChI is InChI=1S/C78H124NO8P/c1-6-8-10-12-14-16-18-20-22-24-26-28-30-32-34-36-37-38-39-40-41-43-45-47-49-51-53-55-57-59-61-63-65-67-69-71-78(81)87-76(75-86-88(82,83)85-73-72-79(3,4)5)74-84-77(80)70-68-66-64-62-60-58-56-54-52-50-48-46-44-42-35-33-31-29-27-25-23-21-19-17-15-13-11-9-7-2/h8-11,14-17,20-23,26-29,32-35,37-38,40-41,44-47,51,53,57,59,76H,6-7,12-13,18-19,24-25,30-31,36,39,42-43,48-50,52,54-56,58,60-75H2,1-5H3/b10-8-,11-9-,16-14-,17-15-,22-20-,23-21-,28-26-,29-27-,34-32-,35-33-,38-37-,41-40-,46-44-,47-45-,53-51-,59-57-. The maximum atomic E-state index is 12.9. The molecule has 88 heavy (non-hydrogen) atoms. The number of nitrogens with zero attached hydrogens (tertiary/aromatic N) is 1. The predicted octanol–water partition coefficient (Wildman–Crippen LogP) is 21.9. The third-order valence-corrected chi connectivity index (χ3v) is 14.6. The van der Waals surface area contributed by atoms with Gasteiger partial charge in [0.05, 0.1) is 27.7 Å². The number of hydrogen-bond acceptors (Lipinski definition) is 8. The highest BCUT2D eigenvalue weighted by Gasteiger charge is 2.22. The Kier molecular flexibility index (Phi) is 62.4. The van der Waals surface area contributed by atoms with Gasteiger partial charge in [-0.15, -0.1) is 0 Å². The quantitative estimate of drug-likeness (QED) is 0.0195. The van der Waals surface area contributed by atoms with Gasteiger partial charge in [0.1, 0.15) is 19.8 Å². The third-order valence-electron chi connectivity index (χ3n) is 13.6. The summed E-state index contributed by atoms with van der Waals surface area (Å²) in [6.45, 7) is 3.95. The maximum absolute atomic E-state index is 12.9. The zero-order valence-corrected chi connectivity index (χ0v) is 57.0. The summed E-state index contributed by atoms with van der Waals surface area (Å²) in [4.78, 5) is 38.1. The van der Waals surface area contributed by atoms with Crippen molar-refractivity contribution in [3.63, 3.8) is 0 Å². The van der Waals surface area contributed by atoms with E-state index in [-0.39, 0.29) is 26.1 Å². The van der Waals surface area contributed by atoms with Gasteiger partial charge in [0, 0.05) is 12.8 Å². The number of quaternary nitrogens is 1. The normalized spacial score (nSPS) is 14.4. The van der Waals surface area contributed by atoms with E-state index in [1.807, 2.05) is 21.1 Å². The van der Waals surface area contributed by atoms with Crippen molar-refractivity contribution in [2.24, 2.45) is 0 Å². The lowest BCUT2D eigenvalue weighted by molar-refractivity contribution is -0.870. The second-order valence-corrected chi connectivity index (χ2v) is 24.5. The molecule has 0 aliphatic heterocycles. The lowest BCUT2D eigenvalue weighted by atomic mass is 10.1. The number of ether oxygens (including phenoxy) is 2. The number of phosphoric ester groups is 1. The van der Waals surface area contributed by atoms with Crippen LogP contribution in [0, 0.1) is 0 Å². The van der Waals surface area contributed by atoms with Gasteiger partial charge >= 0.3 is 11.9 Å². The highest BCUT2D eigenvalue weighted by atomic mass is 31.2. The number of esters is 2. The molecular weight excluding hydrogens is 1110 g/mol. The van der Waals surface area contributed by atoms with Crippen LogP contribution in [0.25, 0.3) is 0 Å². The molecule has 0 saturated heterocycles. The van der Waals surface area contributed by atoms with E-state index in [2.05, 4.69) is 208 Å². The molecule has 0 amide bonds. The molecule has 10 heteroatoms. The fraction of sp³-hybridized carbons (Fsp3) is 0.564. The van der Waals surface area contributed by atoms with Gasteiger partial charge in [-0.25, -0.2) is 0 Å². The first-order chi connectivity index (χ1) is 43.0. The smallest absolute Gasteiger partial charge is 0.306 e. The van der Waals surface area contributed by atoms with E-state index in [9.17, 15) is 19.0 Å². The van der Waals surface area contributed by atoms with E-state index in [4.69, 9.17) is 18.5 Å². The third kappa shape index (κ3) is 69.9. The van der Waals surface area contributed by atoms with Gasteiger partial charge in [-0.3, -0.25) is 14.2 Å². The van der Waals surface area contributed by atoms with Crippen LogP contribution in [0.1, 0.15) is 232 Å². The Labute approximate surface area is 539 Å². The van der Waals surface area contributed by atoms with Crippen LogP contribution in [-0.4, -0.2) is 70.0 Å². The van der Waals surface area contributed by atoms with Crippen LogP contribution in [0.5, 0.6) is 0 Å². The van der Waals surface area contributed by atoms with Crippen molar-refractivity contribution in [2.75, 3.05) is 47.5 Å². The van der Waals surface area contributed by atoms with Crippen LogP contribution in [0.4, 0.5) is 0 Å². The van der Waals surface area contributed by atoms with Gasteiger partial charge < -0.3 is 27.9 Å². The molecule has 0 saturated carbocycles. The van der Waals surface area contributed by atoms with Gasteiger partial charge in [-0.05, 0) is 141 Å². The average molecular weight is 1230 g/mol. The summed E-state index contributed by atoms with van der Waals surface area (Å²) in [5.41, 5.74) is 0. The molecule has 9 nitrogen and oxygen atoms in total. The van der Waals surface area contributed by atoms with Gasteiger partial charge in [-0.2, -0.15) is 0 Å². The first kappa shape index (κ1) is 82.8. The summed E-state index contributed by atoms with van der Waals surface area (Å²) in [5, 5.41) is 0. The van der Waals surface area contributed by atoms with E-state index < -0.39 is 32.5 Å². The van der Waals surface area contributed by atoms with Gasteiger partial charge in [-0.1, -0.05) is 272 Å². The lowest BCUT2D eigenvalue weighted by Gasteiger charge is -2.28. The SMILES string of the molecule is CC/C=C\C/C=C\C/C=C\C/C=C\C/C=C\C/C=C\C/C=C\C/C=C\C/C=C\C/C=C\CCCCCCC(=O)OC(COC(=O)CCCCCCCCCCCC/C=C\C/C=C\C/C=C\C/C=C\C/C=C\C/C=C\CC)COP(=O)([O-])OCC[N+](C)(C)C. The molecule has 0 aliphatic rings. The average Bonchev–Trinajstić information content (AvgIpc) is 3.57. The van der Waals surface area contributed by atoms with Crippen molar-refractivity contribution < 1.29 is 42.1 Å². The lowest BCUT2D eigenvalue weighted by Crippen LogP contribution is -2.37. The number of rotatable bonds is 60. The first-order valence-corrected chi connectivity index (χ1v) is 35.6. The summed E-state index contributed by atoms with van der Waals surface area (Å²) in [5.74, 6) is -0.882. The molecule has 0 radical (unpaired) electrons. The van der Waals surface area contributed by atoms with E-state index in [1.54, 1.807) is 0 Å². The van der Waals surface area contributed by atoms with Crippen molar-refractivity contribution in [3.05, 3.63) is 194 Å².